The fourth-order valence-electron chi connectivity index (χ4n) is 5.02. The van der Waals surface area contributed by atoms with Gasteiger partial charge in [0.25, 0.3) is 0 Å². The fourth-order valence-corrected chi connectivity index (χ4v) is 5.68. The van der Waals surface area contributed by atoms with Crippen molar-refractivity contribution in [1.82, 2.24) is 0 Å². The zero-order chi connectivity index (χ0) is 17.2. The summed E-state index contributed by atoms with van der Waals surface area (Å²) in [7, 11) is 0. The van der Waals surface area contributed by atoms with Gasteiger partial charge in [-0.25, -0.2) is 0 Å². The molecule has 0 nitrogen and oxygen atoms in total. The first kappa shape index (κ1) is 27.8. The van der Waals surface area contributed by atoms with Crippen molar-refractivity contribution >= 4 is 23.2 Å². The quantitative estimate of drug-likeness (QED) is 0.377. The molecule has 0 saturated heterocycles. The summed E-state index contributed by atoms with van der Waals surface area (Å²) in [5.41, 5.74) is 0. The van der Waals surface area contributed by atoms with Crippen LogP contribution in [-0.4, -0.2) is 11.8 Å². The lowest BCUT2D eigenvalue weighted by atomic mass is 9.92. The molecule has 6 unspecified atom stereocenters. The molecule has 2 aliphatic carbocycles. The van der Waals surface area contributed by atoms with Crippen LogP contribution in [0.3, 0.4) is 0 Å². The van der Waals surface area contributed by atoms with Gasteiger partial charge in [0, 0.05) is 11.8 Å². The SMILES string of the molecule is C.C.CCC1CC(CC)C(CCCl)C1.CCC1CC(CC)C(CCl)C1. The lowest BCUT2D eigenvalue weighted by Crippen LogP contribution is -2.07. The summed E-state index contributed by atoms with van der Waals surface area (Å²) in [4.78, 5) is 0. The Kier molecular flexibility index (Phi) is 17.4. The van der Waals surface area contributed by atoms with Crippen molar-refractivity contribution in [3.8, 4) is 0 Å². The minimum absolute atomic E-state index is 0. The van der Waals surface area contributed by atoms with Crippen molar-refractivity contribution in [2.75, 3.05) is 11.8 Å². The molecule has 2 heteroatoms. The third-order valence-electron chi connectivity index (χ3n) is 6.76. The zero-order valence-corrected chi connectivity index (χ0v) is 17.5. The van der Waals surface area contributed by atoms with Crippen molar-refractivity contribution in [2.24, 2.45) is 35.5 Å². The molecule has 6 atom stereocenters. The molecule has 0 spiro atoms. The van der Waals surface area contributed by atoms with Crippen molar-refractivity contribution in [1.29, 1.82) is 0 Å². The van der Waals surface area contributed by atoms with E-state index in [-0.39, 0.29) is 14.9 Å². The van der Waals surface area contributed by atoms with Gasteiger partial charge in [0.15, 0.2) is 0 Å². The minimum Gasteiger partial charge on any atom is -0.127 e. The summed E-state index contributed by atoms with van der Waals surface area (Å²) >= 11 is 11.7. The summed E-state index contributed by atoms with van der Waals surface area (Å²) in [6.07, 6.45) is 12.4. The number of alkyl halides is 2. The number of halogens is 2. The van der Waals surface area contributed by atoms with Crippen LogP contribution >= 0.6 is 23.2 Å². The van der Waals surface area contributed by atoms with Crippen LogP contribution in [0.2, 0.25) is 0 Å². The lowest BCUT2D eigenvalue weighted by molar-refractivity contribution is 0.369. The molecule has 0 aromatic carbocycles. The fraction of sp³-hybridized carbons (Fsp3) is 1.00. The second-order valence-electron chi connectivity index (χ2n) is 7.98. The number of hydrogen-bond acceptors (Lipinski definition) is 0. The molecule has 0 N–H and O–H groups in total. The van der Waals surface area contributed by atoms with E-state index in [2.05, 4.69) is 27.7 Å². The molecule has 0 radical (unpaired) electrons. The van der Waals surface area contributed by atoms with Crippen LogP contribution in [0, 0.1) is 35.5 Å². The highest BCUT2D eigenvalue weighted by Crippen LogP contribution is 2.42. The first-order valence-electron chi connectivity index (χ1n) is 10.2. The molecule has 154 valence electrons. The summed E-state index contributed by atoms with van der Waals surface area (Å²) in [6.45, 7) is 9.24. The Bertz CT molecular complexity index is 280. The molecule has 2 saturated carbocycles. The van der Waals surface area contributed by atoms with Gasteiger partial charge in [0.05, 0.1) is 0 Å². The molecule has 0 heterocycles. The molecule has 2 aliphatic rings. The summed E-state index contributed by atoms with van der Waals surface area (Å²) < 4.78 is 0. The molecule has 0 bridgehead atoms. The largest absolute Gasteiger partial charge is 0.127 e. The van der Waals surface area contributed by atoms with E-state index >= 15 is 0 Å². The van der Waals surface area contributed by atoms with Crippen molar-refractivity contribution in [2.45, 2.75) is 100 Å². The maximum absolute atomic E-state index is 5.90. The molecular weight excluding hydrogens is 347 g/mol. The van der Waals surface area contributed by atoms with Crippen molar-refractivity contribution < 1.29 is 0 Å². The van der Waals surface area contributed by atoms with Gasteiger partial charge < -0.3 is 0 Å². The Balaban J connectivity index is 0. The first-order chi connectivity index (χ1) is 11.1. The van der Waals surface area contributed by atoms with Crippen molar-refractivity contribution in [3.63, 3.8) is 0 Å². The van der Waals surface area contributed by atoms with Crippen LogP contribution in [0.1, 0.15) is 100 Å². The molecule has 0 aliphatic heterocycles. The van der Waals surface area contributed by atoms with Gasteiger partial charge in [-0.05, 0) is 67.6 Å². The van der Waals surface area contributed by atoms with Gasteiger partial charge in [-0.3, -0.25) is 0 Å². The van der Waals surface area contributed by atoms with E-state index in [1.807, 2.05) is 0 Å². The third kappa shape index (κ3) is 8.87. The van der Waals surface area contributed by atoms with E-state index in [4.69, 9.17) is 23.2 Å². The Morgan fingerprint density at radius 1 is 0.600 bits per heavy atom. The maximum atomic E-state index is 5.90. The number of hydrogen-bond donors (Lipinski definition) is 0. The van der Waals surface area contributed by atoms with Gasteiger partial charge in [-0.15, -0.1) is 23.2 Å². The highest BCUT2D eigenvalue weighted by atomic mass is 35.5. The minimum atomic E-state index is 0. The van der Waals surface area contributed by atoms with Crippen LogP contribution in [0.4, 0.5) is 0 Å². The molecule has 0 amide bonds. The van der Waals surface area contributed by atoms with E-state index in [1.54, 1.807) is 0 Å². The topological polar surface area (TPSA) is 0 Å². The van der Waals surface area contributed by atoms with Crippen LogP contribution in [0.25, 0.3) is 0 Å². The van der Waals surface area contributed by atoms with Gasteiger partial charge in [0.1, 0.15) is 0 Å². The van der Waals surface area contributed by atoms with E-state index in [0.29, 0.717) is 0 Å². The summed E-state index contributed by atoms with van der Waals surface area (Å²) in [6, 6.07) is 0. The lowest BCUT2D eigenvalue weighted by Gasteiger charge is -2.15. The standard InChI is InChI=1S/C11H21Cl.C10H19Cl.2CH4/c1-3-9-7-10(4-2)11(8-9)5-6-12;1-3-8-5-9(4-2)10(6-8)7-11;;/h9-11H,3-8H2,1-2H3;8-10H,3-7H2,1-2H3;2*1H4. The average Bonchev–Trinajstić information content (AvgIpc) is 3.18. The van der Waals surface area contributed by atoms with Gasteiger partial charge >= 0.3 is 0 Å². The van der Waals surface area contributed by atoms with Gasteiger partial charge in [-0.2, -0.15) is 0 Å². The molecule has 2 fully saturated rings. The first-order valence-corrected chi connectivity index (χ1v) is 11.3. The Morgan fingerprint density at radius 3 is 1.32 bits per heavy atom. The Labute approximate surface area is 170 Å². The van der Waals surface area contributed by atoms with Gasteiger partial charge in [-0.1, -0.05) is 68.2 Å². The average molecular weight is 396 g/mol. The normalized spacial score (nSPS) is 33.8. The Morgan fingerprint density at radius 2 is 1.00 bits per heavy atom. The smallest absolute Gasteiger partial charge is 0.0254 e. The predicted molar refractivity (Wildman–Crippen MR) is 120 cm³/mol. The zero-order valence-electron chi connectivity index (χ0n) is 16.0. The van der Waals surface area contributed by atoms with Crippen LogP contribution < -0.4 is 0 Å². The van der Waals surface area contributed by atoms with E-state index in [1.165, 1.54) is 57.8 Å². The highest BCUT2D eigenvalue weighted by Gasteiger charge is 2.31. The van der Waals surface area contributed by atoms with Gasteiger partial charge in [0.2, 0.25) is 0 Å². The third-order valence-corrected chi connectivity index (χ3v) is 7.37. The maximum Gasteiger partial charge on any atom is 0.0254 e. The van der Waals surface area contributed by atoms with Crippen molar-refractivity contribution in [3.05, 3.63) is 0 Å². The highest BCUT2D eigenvalue weighted by molar-refractivity contribution is 6.18. The van der Waals surface area contributed by atoms with Crippen LogP contribution in [-0.2, 0) is 0 Å². The van der Waals surface area contributed by atoms with Crippen LogP contribution in [0.5, 0.6) is 0 Å². The summed E-state index contributed by atoms with van der Waals surface area (Å²) in [5, 5.41) is 0. The van der Waals surface area contributed by atoms with E-state index < -0.39 is 0 Å². The Hall–Kier alpha value is 0.580. The van der Waals surface area contributed by atoms with Crippen LogP contribution in [0.15, 0.2) is 0 Å². The molecule has 2 rings (SSSR count). The van der Waals surface area contributed by atoms with E-state index in [0.717, 1.165) is 47.3 Å². The predicted octanol–water partition coefficient (Wildman–Crippen LogP) is 9.04. The van der Waals surface area contributed by atoms with E-state index in [9.17, 15) is 0 Å². The molecule has 0 aromatic heterocycles. The molecular formula is C23H48Cl2. The summed E-state index contributed by atoms with van der Waals surface area (Å²) in [5.74, 6) is 7.40. The number of rotatable bonds is 7. The monoisotopic (exact) mass is 394 g/mol. The molecule has 25 heavy (non-hydrogen) atoms. The second kappa shape index (κ2) is 15.6. The molecule has 0 aromatic rings. The second-order valence-corrected chi connectivity index (χ2v) is 8.67.